The first-order chi connectivity index (χ1) is 8.63. The fraction of sp³-hybridized carbons (Fsp3) is 0.538. The molecule has 0 unspecified atom stereocenters. The Hall–Kier alpha value is -0.810. The van der Waals surface area contributed by atoms with Crippen LogP contribution in [0.15, 0.2) is 18.2 Å². The minimum atomic E-state index is -0.628. The Morgan fingerprint density at radius 3 is 2.33 bits per heavy atom. The van der Waals surface area contributed by atoms with Crippen LogP contribution in [0.1, 0.15) is 12.8 Å². The van der Waals surface area contributed by atoms with Gasteiger partial charge < -0.3 is 9.47 Å². The number of rotatable bonds is 4. The van der Waals surface area contributed by atoms with Crippen molar-refractivity contribution < 1.29 is 18.3 Å². The van der Waals surface area contributed by atoms with Crippen molar-refractivity contribution in [3.63, 3.8) is 0 Å². The number of hydrogen-bond acceptors (Lipinski definition) is 3. The van der Waals surface area contributed by atoms with Gasteiger partial charge in [-0.15, -0.1) is 0 Å². The molecule has 0 N–H and O–H groups in total. The second kappa shape index (κ2) is 5.89. The largest absolute Gasteiger partial charge is 0.493 e. The van der Waals surface area contributed by atoms with Gasteiger partial charge in [-0.05, 0) is 18.6 Å². The Morgan fingerprint density at radius 1 is 1.17 bits per heavy atom. The standard InChI is InChI=1S/C13H16F2O2S/c14-10-5-11(15)7-12(6-10)17-8-13(9-18)1-3-16-4-2-13/h5-7,18H,1-4,8-9H2. The Labute approximate surface area is 111 Å². The molecular formula is C13H16F2O2S. The van der Waals surface area contributed by atoms with Crippen LogP contribution in [0.3, 0.4) is 0 Å². The van der Waals surface area contributed by atoms with Gasteiger partial charge in [-0.2, -0.15) is 12.6 Å². The molecule has 0 saturated carbocycles. The summed E-state index contributed by atoms with van der Waals surface area (Å²) >= 11 is 4.35. The topological polar surface area (TPSA) is 18.5 Å². The summed E-state index contributed by atoms with van der Waals surface area (Å²) < 4.78 is 36.9. The van der Waals surface area contributed by atoms with Gasteiger partial charge in [0.2, 0.25) is 0 Å². The number of thiol groups is 1. The third-order valence-electron chi connectivity index (χ3n) is 3.27. The average Bonchev–Trinajstić information content (AvgIpc) is 2.36. The molecule has 0 aromatic heterocycles. The lowest BCUT2D eigenvalue weighted by atomic mass is 9.83. The van der Waals surface area contributed by atoms with Crippen molar-refractivity contribution in [2.45, 2.75) is 12.8 Å². The molecule has 1 aromatic carbocycles. The molecule has 1 aliphatic rings. The molecule has 1 saturated heterocycles. The average molecular weight is 274 g/mol. The molecule has 100 valence electrons. The Kier molecular flexibility index (Phi) is 4.45. The summed E-state index contributed by atoms with van der Waals surface area (Å²) in [5.41, 5.74) is -0.0653. The molecule has 1 heterocycles. The smallest absolute Gasteiger partial charge is 0.129 e. The van der Waals surface area contributed by atoms with E-state index in [4.69, 9.17) is 9.47 Å². The fourth-order valence-corrected chi connectivity index (χ4v) is 2.41. The van der Waals surface area contributed by atoms with E-state index in [0.717, 1.165) is 18.9 Å². The van der Waals surface area contributed by atoms with Crippen LogP contribution >= 0.6 is 12.6 Å². The lowest BCUT2D eigenvalue weighted by Gasteiger charge is -2.35. The highest BCUT2D eigenvalue weighted by Gasteiger charge is 2.32. The van der Waals surface area contributed by atoms with E-state index in [1.165, 1.54) is 12.1 Å². The third kappa shape index (κ3) is 3.36. The van der Waals surface area contributed by atoms with Crippen molar-refractivity contribution in [1.29, 1.82) is 0 Å². The van der Waals surface area contributed by atoms with Crippen LogP contribution in [-0.2, 0) is 4.74 Å². The molecular weight excluding hydrogens is 258 g/mol. The monoisotopic (exact) mass is 274 g/mol. The van der Waals surface area contributed by atoms with Gasteiger partial charge >= 0.3 is 0 Å². The minimum absolute atomic E-state index is 0.0653. The molecule has 1 aromatic rings. The molecule has 18 heavy (non-hydrogen) atoms. The number of ether oxygens (including phenoxy) is 2. The summed E-state index contributed by atoms with van der Waals surface area (Å²) in [6, 6.07) is 3.21. The molecule has 0 spiro atoms. The highest BCUT2D eigenvalue weighted by atomic mass is 32.1. The zero-order chi connectivity index (χ0) is 13.0. The first-order valence-corrected chi connectivity index (χ1v) is 6.54. The minimum Gasteiger partial charge on any atom is -0.493 e. The van der Waals surface area contributed by atoms with Crippen LogP contribution in [-0.4, -0.2) is 25.6 Å². The molecule has 2 rings (SSSR count). The summed E-state index contributed by atoms with van der Waals surface area (Å²) in [7, 11) is 0. The zero-order valence-electron chi connectivity index (χ0n) is 9.99. The predicted octanol–water partition coefficient (Wildman–Crippen LogP) is 3.07. The summed E-state index contributed by atoms with van der Waals surface area (Å²) in [5, 5.41) is 0. The molecule has 1 fully saturated rings. The van der Waals surface area contributed by atoms with Gasteiger partial charge in [-0.3, -0.25) is 0 Å². The van der Waals surface area contributed by atoms with Crippen molar-refractivity contribution in [2.24, 2.45) is 5.41 Å². The van der Waals surface area contributed by atoms with Gasteiger partial charge in [0.25, 0.3) is 0 Å². The maximum atomic E-state index is 13.0. The molecule has 5 heteroatoms. The highest BCUT2D eigenvalue weighted by molar-refractivity contribution is 7.80. The van der Waals surface area contributed by atoms with Crippen molar-refractivity contribution in [3.8, 4) is 5.75 Å². The van der Waals surface area contributed by atoms with Gasteiger partial charge in [0, 0.05) is 36.8 Å². The summed E-state index contributed by atoms with van der Waals surface area (Å²) in [6.07, 6.45) is 1.71. The summed E-state index contributed by atoms with van der Waals surface area (Å²) in [5.74, 6) is -0.359. The van der Waals surface area contributed by atoms with E-state index < -0.39 is 11.6 Å². The quantitative estimate of drug-likeness (QED) is 0.851. The predicted molar refractivity (Wildman–Crippen MR) is 68.2 cm³/mol. The summed E-state index contributed by atoms with van der Waals surface area (Å²) in [6.45, 7) is 1.77. The van der Waals surface area contributed by atoms with E-state index in [9.17, 15) is 8.78 Å². The van der Waals surface area contributed by atoms with Crippen LogP contribution in [0.4, 0.5) is 8.78 Å². The number of halogens is 2. The zero-order valence-corrected chi connectivity index (χ0v) is 10.9. The van der Waals surface area contributed by atoms with E-state index in [2.05, 4.69) is 12.6 Å². The van der Waals surface area contributed by atoms with Gasteiger partial charge in [0.15, 0.2) is 0 Å². The summed E-state index contributed by atoms with van der Waals surface area (Å²) in [4.78, 5) is 0. The van der Waals surface area contributed by atoms with Crippen molar-refractivity contribution >= 4 is 12.6 Å². The second-order valence-electron chi connectivity index (χ2n) is 4.66. The van der Waals surface area contributed by atoms with Gasteiger partial charge in [-0.1, -0.05) is 0 Å². The lowest BCUT2D eigenvalue weighted by molar-refractivity contribution is 0.00300. The lowest BCUT2D eigenvalue weighted by Crippen LogP contribution is -2.36. The van der Waals surface area contributed by atoms with Crippen molar-refractivity contribution in [2.75, 3.05) is 25.6 Å². The number of hydrogen-bond donors (Lipinski definition) is 1. The Balaban J connectivity index is 2.00. The molecule has 0 aliphatic carbocycles. The molecule has 2 nitrogen and oxygen atoms in total. The maximum Gasteiger partial charge on any atom is 0.129 e. The molecule has 0 bridgehead atoms. The van der Waals surface area contributed by atoms with Crippen LogP contribution in [0.2, 0.25) is 0 Å². The van der Waals surface area contributed by atoms with Crippen LogP contribution in [0.5, 0.6) is 5.75 Å². The van der Waals surface area contributed by atoms with Crippen LogP contribution in [0, 0.1) is 17.0 Å². The fourth-order valence-electron chi connectivity index (χ4n) is 2.00. The highest BCUT2D eigenvalue weighted by Crippen LogP contribution is 2.32. The molecule has 0 atom stereocenters. The van der Waals surface area contributed by atoms with Crippen LogP contribution in [0.25, 0.3) is 0 Å². The normalized spacial score (nSPS) is 18.6. The van der Waals surface area contributed by atoms with E-state index in [0.29, 0.717) is 25.6 Å². The van der Waals surface area contributed by atoms with Gasteiger partial charge in [-0.25, -0.2) is 8.78 Å². The number of benzene rings is 1. The van der Waals surface area contributed by atoms with Gasteiger partial charge in [0.05, 0.1) is 6.61 Å². The molecule has 0 amide bonds. The molecule has 0 radical (unpaired) electrons. The van der Waals surface area contributed by atoms with Gasteiger partial charge in [0.1, 0.15) is 17.4 Å². The van der Waals surface area contributed by atoms with E-state index >= 15 is 0 Å². The van der Waals surface area contributed by atoms with E-state index in [-0.39, 0.29) is 11.2 Å². The van der Waals surface area contributed by atoms with Crippen molar-refractivity contribution in [3.05, 3.63) is 29.8 Å². The third-order valence-corrected chi connectivity index (χ3v) is 3.94. The van der Waals surface area contributed by atoms with Crippen molar-refractivity contribution in [1.82, 2.24) is 0 Å². The van der Waals surface area contributed by atoms with E-state index in [1.54, 1.807) is 0 Å². The first-order valence-electron chi connectivity index (χ1n) is 5.91. The Morgan fingerprint density at radius 2 is 1.78 bits per heavy atom. The maximum absolute atomic E-state index is 13.0. The first kappa shape index (κ1) is 13.6. The van der Waals surface area contributed by atoms with Crippen LogP contribution < -0.4 is 4.74 Å². The Bertz CT molecular complexity index is 386. The molecule has 1 aliphatic heterocycles. The van der Waals surface area contributed by atoms with E-state index in [1.807, 2.05) is 0 Å². The second-order valence-corrected chi connectivity index (χ2v) is 4.98. The SMILES string of the molecule is Fc1cc(F)cc(OCC2(CS)CCOCC2)c1.